The number of amides is 1. The number of rotatable bonds is 6. The first kappa shape index (κ1) is 16.9. The average molecular weight is 310 g/mol. The Hall–Kier alpha value is -1.50. The molecular weight excluding hydrogens is 287 g/mol. The molecule has 6 heteroatoms. The Kier molecular flexibility index (Phi) is 6.30. The van der Waals surface area contributed by atoms with E-state index in [4.69, 9.17) is 9.84 Å². The van der Waals surface area contributed by atoms with Crippen molar-refractivity contribution in [1.82, 2.24) is 10.2 Å². The molecule has 1 aliphatic rings. The topological polar surface area (TPSA) is 61.8 Å². The number of ether oxygens (including phenoxy) is 1. The second-order valence-corrected chi connectivity index (χ2v) is 5.56. The van der Waals surface area contributed by atoms with E-state index in [0.29, 0.717) is 39.3 Å². The maximum Gasteiger partial charge on any atom is 0.224 e. The molecule has 1 fully saturated rings. The fraction of sp³-hybridized carbons (Fsp3) is 0.562. The van der Waals surface area contributed by atoms with Crippen molar-refractivity contribution in [3.63, 3.8) is 0 Å². The second-order valence-electron chi connectivity index (χ2n) is 5.56. The first-order valence-electron chi connectivity index (χ1n) is 7.57. The third-order valence-corrected chi connectivity index (χ3v) is 3.78. The molecule has 0 saturated carbocycles. The molecule has 22 heavy (non-hydrogen) atoms. The van der Waals surface area contributed by atoms with Gasteiger partial charge in [0.05, 0.1) is 19.8 Å². The Morgan fingerprint density at radius 3 is 2.86 bits per heavy atom. The molecule has 1 unspecified atom stereocenters. The zero-order valence-electron chi connectivity index (χ0n) is 12.8. The van der Waals surface area contributed by atoms with E-state index in [0.717, 1.165) is 5.56 Å². The number of morpholine rings is 1. The van der Waals surface area contributed by atoms with Crippen molar-refractivity contribution in [2.75, 3.05) is 26.3 Å². The summed E-state index contributed by atoms with van der Waals surface area (Å²) in [5.41, 5.74) is 1.17. The number of nitrogens with one attached hydrogen (secondary N) is 1. The smallest absolute Gasteiger partial charge is 0.224 e. The van der Waals surface area contributed by atoms with Gasteiger partial charge >= 0.3 is 0 Å². The van der Waals surface area contributed by atoms with E-state index < -0.39 is 5.82 Å². The molecule has 1 heterocycles. The van der Waals surface area contributed by atoms with Crippen molar-refractivity contribution in [3.8, 4) is 0 Å². The molecule has 2 rings (SSSR count). The molecule has 1 amide bonds. The highest BCUT2D eigenvalue weighted by Gasteiger charge is 2.18. The maximum absolute atomic E-state index is 13.3. The van der Waals surface area contributed by atoms with Gasteiger partial charge in [0.25, 0.3) is 0 Å². The molecule has 0 radical (unpaired) electrons. The number of hydrogen-bond acceptors (Lipinski definition) is 4. The lowest BCUT2D eigenvalue weighted by Crippen LogP contribution is -2.43. The van der Waals surface area contributed by atoms with E-state index >= 15 is 0 Å². The van der Waals surface area contributed by atoms with Crippen molar-refractivity contribution in [2.24, 2.45) is 0 Å². The van der Waals surface area contributed by atoms with Crippen molar-refractivity contribution in [3.05, 3.63) is 35.1 Å². The van der Waals surface area contributed by atoms with Gasteiger partial charge in [-0.2, -0.15) is 0 Å². The minimum Gasteiger partial charge on any atom is -0.392 e. The second kappa shape index (κ2) is 8.22. The van der Waals surface area contributed by atoms with Gasteiger partial charge in [0, 0.05) is 37.7 Å². The van der Waals surface area contributed by atoms with Crippen LogP contribution in [0.25, 0.3) is 0 Å². The van der Waals surface area contributed by atoms with E-state index in [1.165, 1.54) is 6.07 Å². The van der Waals surface area contributed by atoms with Crippen molar-refractivity contribution >= 4 is 5.91 Å². The van der Waals surface area contributed by atoms with Crippen LogP contribution >= 0.6 is 0 Å². The van der Waals surface area contributed by atoms with Crippen LogP contribution in [-0.2, 0) is 22.7 Å². The Balaban J connectivity index is 1.79. The van der Waals surface area contributed by atoms with Crippen molar-refractivity contribution in [1.29, 1.82) is 0 Å². The van der Waals surface area contributed by atoms with Crippen LogP contribution in [0.2, 0.25) is 0 Å². The van der Waals surface area contributed by atoms with Crippen LogP contribution in [0.4, 0.5) is 4.39 Å². The summed E-state index contributed by atoms with van der Waals surface area (Å²) in [6.45, 7) is 4.69. The average Bonchev–Trinajstić information content (AvgIpc) is 2.55. The summed E-state index contributed by atoms with van der Waals surface area (Å²) in [5.74, 6) is -0.278. The van der Waals surface area contributed by atoms with Crippen LogP contribution in [0.15, 0.2) is 18.2 Å². The molecule has 5 nitrogen and oxygen atoms in total. The normalized spacial score (nSPS) is 16.6. The Morgan fingerprint density at radius 1 is 1.45 bits per heavy atom. The number of aliphatic hydroxyl groups excluding tert-OH is 1. The highest BCUT2D eigenvalue weighted by Crippen LogP contribution is 2.11. The van der Waals surface area contributed by atoms with Crippen LogP contribution in [0.1, 0.15) is 24.5 Å². The van der Waals surface area contributed by atoms with Gasteiger partial charge < -0.3 is 20.1 Å². The number of carbonyl (C=O) groups excluding carboxylic acids is 1. The zero-order valence-corrected chi connectivity index (χ0v) is 12.8. The third kappa shape index (κ3) is 4.76. The molecule has 1 aromatic carbocycles. The maximum atomic E-state index is 13.3. The van der Waals surface area contributed by atoms with Gasteiger partial charge in [-0.3, -0.25) is 4.79 Å². The quantitative estimate of drug-likeness (QED) is 0.824. The van der Waals surface area contributed by atoms with Crippen molar-refractivity contribution < 1.29 is 19.0 Å². The van der Waals surface area contributed by atoms with E-state index in [1.54, 1.807) is 12.1 Å². The van der Waals surface area contributed by atoms with E-state index in [9.17, 15) is 9.18 Å². The number of nitrogens with zero attached hydrogens (tertiary/aromatic N) is 1. The molecule has 0 aliphatic carbocycles. The first-order valence-corrected chi connectivity index (χ1v) is 7.57. The zero-order chi connectivity index (χ0) is 15.9. The molecule has 0 aromatic heterocycles. The SMILES string of the molecule is CC(CC(=O)N1CCOCC1)NCc1ccc(F)c(CO)c1. The standard InChI is InChI=1S/C16H23FN2O3/c1-12(8-16(21)19-4-6-22-7-5-19)18-10-13-2-3-15(17)14(9-13)11-20/h2-3,9,12,18,20H,4-8,10-11H2,1H3. The predicted molar refractivity (Wildman–Crippen MR) is 80.6 cm³/mol. The fourth-order valence-corrected chi connectivity index (χ4v) is 2.43. The first-order chi connectivity index (χ1) is 10.6. The summed E-state index contributed by atoms with van der Waals surface area (Å²) in [5, 5.41) is 12.3. The van der Waals surface area contributed by atoms with Gasteiger partial charge in [0.2, 0.25) is 5.91 Å². The monoisotopic (exact) mass is 310 g/mol. The van der Waals surface area contributed by atoms with Crippen LogP contribution in [0.3, 0.4) is 0 Å². The lowest BCUT2D eigenvalue weighted by atomic mass is 10.1. The Bertz CT molecular complexity index is 504. The largest absolute Gasteiger partial charge is 0.392 e. The molecule has 1 aliphatic heterocycles. The predicted octanol–water partition coefficient (Wildman–Crippen LogP) is 1.05. The summed E-state index contributed by atoms with van der Waals surface area (Å²) in [6, 6.07) is 4.70. The molecule has 1 aromatic rings. The number of aliphatic hydroxyl groups is 1. The molecule has 0 bridgehead atoms. The number of carbonyl (C=O) groups is 1. The Labute approximate surface area is 130 Å². The minimum atomic E-state index is -0.401. The van der Waals surface area contributed by atoms with E-state index in [1.807, 2.05) is 11.8 Å². The van der Waals surface area contributed by atoms with Crippen molar-refractivity contribution in [2.45, 2.75) is 32.5 Å². The molecule has 1 atom stereocenters. The number of benzene rings is 1. The van der Waals surface area contributed by atoms with Crippen LogP contribution in [0, 0.1) is 5.82 Å². The van der Waals surface area contributed by atoms with E-state index in [2.05, 4.69) is 5.32 Å². The van der Waals surface area contributed by atoms with Crippen LogP contribution in [0.5, 0.6) is 0 Å². The summed E-state index contributed by atoms with van der Waals surface area (Å²) in [4.78, 5) is 13.9. The summed E-state index contributed by atoms with van der Waals surface area (Å²) >= 11 is 0. The van der Waals surface area contributed by atoms with Crippen LogP contribution in [-0.4, -0.2) is 48.3 Å². The minimum absolute atomic E-state index is 0.0259. The summed E-state index contributed by atoms with van der Waals surface area (Å²) in [6.07, 6.45) is 0.425. The number of halogens is 1. The summed E-state index contributed by atoms with van der Waals surface area (Å²) < 4.78 is 18.5. The van der Waals surface area contributed by atoms with Gasteiger partial charge in [-0.15, -0.1) is 0 Å². The van der Waals surface area contributed by atoms with Crippen LogP contribution < -0.4 is 5.32 Å². The summed E-state index contributed by atoms with van der Waals surface area (Å²) in [7, 11) is 0. The molecular formula is C16H23FN2O3. The van der Waals surface area contributed by atoms with Gasteiger partial charge in [-0.25, -0.2) is 4.39 Å². The Morgan fingerprint density at radius 2 is 2.18 bits per heavy atom. The fourth-order valence-electron chi connectivity index (χ4n) is 2.43. The van der Waals surface area contributed by atoms with E-state index in [-0.39, 0.29) is 24.1 Å². The molecule has 1 saturated heterocycles. The lowest BCUT2D eigenvalue weighted by molar-refractivity contribution is -0.135. The molecule has 2 N–H and O–H groups in total. The van der Waals surface area contributed by atoms with Gasteiger partial charge in [-0.05, 0) is 24.6 Å². The number of hydrogen-bond donors (Lipinski definition) is 2. The van der Waals surface area contributed by atoms with Gasteiger partial charge in [-0.1, -0.05) is 6.07 Å². The van der Waals surface area contributed by atoms with Gasteiger partial charge in [0.15, 0.2) is 0 Å². The molecule has 122 valence electrons. The highest BCUT2D eigenvalue weighted by atomic mass is 19.1. The van der Waals surface area contributed by atoms with Gasteiger partial charge in [0.1, 0.15) is 5.82 Å². The highest BCUT2D eigenvalue weighted by molar-refractivity contribution is 5.76. The third-order valence-electron chi connectivity index (χ3n) is 3.78. The molecule has 0 spiro atoms. The lowest BCUT2D eigenvalue weighted by Gasteiger charge is -2.28.